The number of carbonyl (C=O) groups excluding carboxylic acids is 3. The van der Waals surface area contributed by atoms with E-state index < -0.39 is 6.04 Å². The Morgan fingerprint density at radius 2 is 1.80 bits per heavy atom. The first kappa shape index (κ1) is 24.5. The zero-order chi connectivity index (χ0) is 24.8. The van der Waals surface area contributed by atoms with Crippen LogP contribution >= 0.6 is 0 Å². The molecule has 2 atom stereocenters. The number of amides is 3. The van der Waals surface area contributed by atoms with E-state index in [9.17, 15) is 14.4 Å². The highest BCUT2D eigenvalue weighted by Gasteiger charge is 2.34. The summed E-state index contributed by atoms with van der Waals surface area (Å²) in [5, 5.41) is 4.06. The molecule has 7 heteroatoms. The summed E-state index contributed by atoms with van der Waals surface area (Å²) in [5.74, 6) is -0.219. The highest BCUT2D eigenvalue weighted by atomic mass is 16.2. The van der Waals surface area contributed by atoms with Crippen LogP contribution in [-0.4, -0.2) is 64.2 Å². The van der Waals surface area contributed by atoms with Crippen molar-refractivity contribution in [3.8, 4) is 0 Å². The summed E-state index contributed by atoms with van der Waals surface area (Å²) in [6, 6.07) is 16.4. The SMILES string of the molecule is CCCCC(=O)NC(Cc1c[nH]c2ccccc12)C(=O)N1CCN(C(=O)c2ccccc2)C(C)C1. The van der Waals surface area contributed by atoms with E-state index in [0.29, 0.717) is 38.0 Å². The zero-order valence-electron chi connectivity index (χ0n) is 20.5. The number of nitrogens with zero attached hydrogens (tertiary/aromatic N) is 2. The first-order valence-corrected chi connectivity index (χ1v) is 12.5. The van der Waals surface area contributed by atoms with E-state index in [4.69, 9.17) is 0 Å². The second-order valence-electron chi connectivity index (χ2n) is 9.29. The maximum Gasteiger partial charge on any atom is 0.254 e. The maximum atomic E-state index is 13.7. The minimum absolute atomic E-state index is 0.0200. The van der Waals surface area contributed by atoms with Gasteiger partial charge in [0.2, 0.25) is 11.8 Å². The van der Waals surface area contributed by atoms with Crippen molar-refractivity contribution in [1.29, 1.82) is 0 Å². The number of hydrogen-bond donors (Lipinski definition) is 2. The number of H-pyrrole nitrogens is 1. The number of aromatic nitrogens is 1. The molecular formula is C28H34N4O3. The molecule has 1 saturated heterocycles. The van der Waals surface area contributed by atoms with Gasteiger partial charge in [0.25, 0.3) is 5.91 Å². The third-order valence-corrected chi connectivity index (χ3v) is 6.71. The topological polar surface area (TPSA) is 85.5 Å². The summed E-state index contributed by atoms with van der Waals surface area (Å²) >= 11 is 0. The Kier molecular flexibility index (Phi) is 7.85. The van der Waals surface area contributed by atoms with Gasteiger partial charge in [-0.15, -0.1) is 0 Å². The standard InChI is InChI=1S/C28H34N4O3/c1-3-4-14-26(33)30-25(17-22-18-29-24-13-9-8-12-23(22)24)28(35)31-15-16-32(20(2)19-31)27(34)21-10-6-5-7-11-21/h5-13,18,20,25,29H,3-4,14-17,19H2,1-2H3,(H,30,33). The van der Waals surface area contributed by atoms with Crippen LogP contribution in [0.25, 0.3) is 10.9 Å². The van der Waals surface area contributed by atoms with Crippen LogP contribution < -0.4 is 5.32 Å². The van der Waals surface area contributed by atoms with Gasteiger partial charge in [-0.05, 0) is 37.1 Å². The molecule has 2 unspecified atom stereocenters. The Morgan fingerprint density at radius 3 is 2.54 bits per heavy atom. The number of hydrogen-bond acceptors (Lipinski definition) is 3. The molecule has 1 aliphatic heterocycles. The molecule has 184 valence electrons. The van der Waals surface area contributed by atoms with E-state index in [1.165, 1.54) is 0 Å². The summed E-state index contributed by atoms with van der Waals surface area (Å²) in [5.41, 5.74) is 2.66. The molecule has 0 radical (unpaired) electrons. The van der Waals surface area contributed by atoms with Crippen LogP contribution in [-0.2, 0) is 16.0 Å². The van der Waals surface area contributed by atoms with Gasteiger partial charge in [0.15, 0.2) is 0 Å². The number of benzene rings is 2. The number of unbranched alkanes of at least 4 members (excludes halogenated alkanes) is 1. The summed E-state index contributed by atoms with van der Waals surface area (Å²) < 4.78 is 0. The van der Waals surface area contributed by atoms with Gasteiger partial charge in [-0.25, -0.2) is 0 Å². The number of nitrogens with one attached hydrogen (secondary N) is 2. The number of carbonyl (C=O) groups is 3. The van der Waals surface area contributed by atoms with Crippen molar-refractivity contribution in [2.24, 2.45) is 0 Å². The van der Waals surface area contributed by atoms with Crippen LogP contribution in [0.3, 0.4) is 0 Å². The zero-order valence-corrected chi connectivity index (χ0v) is 20.5. The lowest BCUT2D eigenvalue weighted by Gasteiger charge is -2.41. The lowest BCUT2D eigenvalue weighted by Crippen LogP contribution is -2.59. The normalized spacial score (nSPS) is 16.8. The van der Waals surface area contributed by atoms with Gasteiger partial charge in [0, 0.05) is 61.2 Å². The molecule has 0 aliphatic carbocycles. The Balaban J connectivity index is 1.48. The lowest BCUT2D eigenvalue weighted by atomic mass is 10.0. The van der Waals surface area contributed by atoms with Crippen LogP contribution in [0.4, 0.5) is 0 Å². The van der Waals surface area contributed by atoms with Gasteiger partial charge in [-0.1, -0.05) is 49.7 Å². The molecular weight excluding hydrogens is 440 g/mol. The van der Waals surface area contributed by atoms with E-state index in [1.54, 1.807) is 4.90 Å². The van der Waals surface area contributed by atoms with Crippen LogP contribution in [0.1, 0.15) is 49.0 Å². The molecule has 2 heterocycles. The van der Waals surface area contributed by atoms with Crippen LogP contribution in [0.5, 0.6) is 0 Å². The minimum atomic E-state index is -0.651. The first-order chi connectivity index (χ1) is 17.0. The predicted molar refractivity (Wildman–Crippen MR) is 137 cm³/mol. The third kappa shape index (κ3) is 5.73. The van der Waals surface area contributed by atoms with Gasteiger partial charge in [0.1, 0.15) is 6.04 Å². The lowest BCUT2D eigenvalue weighted by molar-refractivity contribution is -0.138. The van der Waals surface area contributed by atoms with Crippen LogP contribution in [0, 0.1) is 0 Å². The fraction of sp³-hybridized carbons (Fsp3) is 0.393. The first-order valence-electron chi connectivity index (χ1n) is 12.5. The molecule has 3 amide bonds. The number of rotatable bonds is 8. The fourth-order valence-electron chi connectivity index (χ4n) is 4.75. The quantitative estimate of drug-likeness (QED) is 0.521. The van der Waals surface area contributed by atoms with Gasteiger partial charge in [-0.2, -0.15) is 0 Å². The Hall–Kier alpha value is -3.61. The Bertz CT molecular complexity index is 1170. The largest absolute Gasteiger partial charge is 0.361 e. The van der Waals surface area contributed by atoms with Gasteiger partial charge in [-0.3, -0.25) is 14.4 Å². The summed E-state index contributed by atoms with van der Waals surface area (Å²) in [7, 11) is 0. The highest BCUT2D eigenvalue weighted by Crippen LogP contribution is 2.21. The molecule has 1 aliphatic rings. The van der Waals surface area contributed by atoms with E-state index in [0.717, 1.165) is 29.3 Å². The minimum Gasteiger partial charge on any atom is -0.361 e. The molecule has 0 bridgehead atoms. The smallest absolute Gasteiger partial charge is 0.254 e. The van der Waals surface area contributed by atoms with E-state index >= 15 is 0 Å². The number of para-hydroxylation sites is 1. The van der Waals surface area contributed by atoms with Crippen LogP contribution in [0.15, 0.2) is 60.8 Å². The van der Waals surface area contributed by atoms with E-state index in [-0.39, 0.29) is 23.8 Å². The molecule has 35 heavy (non-hydrogen) atoms. The van der Waals surface area contributed by atoms with Crippen molar-refractivity contribution in [2.45, 2.75) is 51.6 Å². The number of aromatic amines is 1. The Labute approximate surface area is 206 Å². The monoisotopic (exact) mass is 474 g/mol. The average molecular weight is 475 g/mol. The fourth-order valence-corrected chi connectivity index (χ4v) is 4.75. The summed E-state index contributed by atoms with van der Waals surface area (Å²) in [6.45, 7) is 5.35. The summed E-state index contributed by atoms with van der Waals surface area (Å²) in [4.78, 5) is 46.1. The average Bonchev–Trinajstić information content (AvgIpc) is 3.29. The second kappa shape index (κ2) is 11.2. The second-order valence-corrected chi connectivity index (χ2v) is 9.29. The molecule has 2 aromatic carbocycles. The molecule has 2 N–H and O–H groups in total. The third-order valence-electron chi connectivity index (χ3n) is 6.71. The van der Waals surface area contributed by atoms with Crippen LogP contribution in [0.2, 0.25) is 0 Å². The van der Waals surface area contributed by atoms with Gasteiger partial charge in [0.05, 0.1) is 0 Å². The molecule has 7 nitrogen and oxygen atoms in total. The van der Waals surface area contributed by atoms with Crippen molar-refractivity contribution >= 4 is 28.6 Å². The predicted octanol–water partition coefficient (Wildman–Crippen LogP) is 3.76. The molecule has 0 spiro atoms. The van der Waals surface area contributed by atoms with Crippen molar-refractivity contribution in [3.05, 3.63) is 71.9 Å². The van der Waals surface area contributed by atoms with Crippen molar-refractivity contribution in [1.82, 2.24) is 20.1 Å². The molecule has 4 rings (SSSR count). The van der Waals surface area contributed by atoms with Gasteiger partial charge >= 0.3 is 0 Å². The van der Waals surface area contributed by atoms with Crippen molar-refractivity contribution < 1.29 is 14.4 Å². The molecule has 1 fully saturated rings. The van der Waals surface area contributed by atoms with Crippen molar-refractivity contribution in [2.75, 3.05) is 19.6 Å². The molecule has 3 aromatic rings. The maximum absolute atomic E-state index is 13.7. The molecule has 1 aromatic heterocycles. The van der Waals surface area contributed by atoms with E-state index in [1.807, 2.05) is 79.5 Å². The molecule has 0 saturated carbocycles. The van der Waals surface area contributed by atoms with Crippen molar-refractivity contribution in [3.63, 3.8) is 0 Å². The van der Waals surface area contributed by atoms with E-state index in [2.05, 4.69) is 10.3 Å². The Morgan fingerprint density at radius 1 is 1.06 bits per heavy atom. The highest BCUT2D eigenvalue weighted by molar-refractivity contribution is 5.95. The van der Waals surface area contributed by atoms with Gasteiger partial charge < -0.3 is 20.1 Å². The number of fused-ring (bicyclic) bond motifs is 1. The number of piperazine rings is 1. The summed E-state index contributed by atoms with van der Waals surface area (Å²) in [6.07, 6.45) is 4.45.